The van der Waals surface area contributed by atoms with Crippen LogP contribution in [0.2, 0.25) is 0 Å². The van der Waals surface area contributed by atoms with Crippen LogP contribution in [0, 0.1) is 23.6 Å². The first-order chi connectivity index (χ1) is 26.8. The van der Waals surface area contributed by atoms with Crippen molar-refractivity contribution in [3.8, 4) is 0 Å². The second-order valence-electron chi connectivity index (χ2n) is 17.5. The summed E-state index contributed by atoms with van der Waals surface area (Å²) in [7, 11) is 7.49. The smallest absolute Gasteiger partial charge is 0.254 e. The van der Waals surface area contributed by atoms with E-state index in [0.29, 0.717) is 38.9 Å². The Kier molecular flexibility index (Phi) is 17.3. The van der Waals surface area contributed by atoms with Gasteiger partial charge in [0.25, 0.3) is 5.91 Å². The number of aliphatic hydroxyl groups excluding tert-OH is 1. The van der Waals surface area contributed by atoms with Crippen LogP contribution in [-0.4, -0.2) is 159 Å². The standard InChI is InChI=1S/C42H71FN4O10/c1-25-22-41(6,51)37(27(3)34(28(4)38(49)45-18-19-47(10)24-25)56-33-23-42(7,52-11)36(48)29(5)55-33)57-40-35(32(46(8)9)21-26(2)54-40)53-20-14-17-44-39(50)30-15-12-13-16-31(30)43/h12-13,15-16,25-29,32-37,40,48,51H,14,17-24H2,1-11H3,(H,44,50)(H,45,49)/t25-,26-,27+,28-,29+,32+,33+,34+,35-,36+,37-,40+,41-,42-/m1/s1. The lowest BCUT2D eigenvalue weighted by atomic mass is 9.77. The molecule has 0 bridgehead atoms. The summed E-state index contributed by atoms with van der Waals surface area (Å²) >= 11 is 0. The molecular weight excluding hydrogens is 739 g/mol. The molecule has 3 saturated heterocycles. The number of likely N-dealkylation sites (N-methyl/N-ethyl adjacent to an activating group) is 2. The third-order valence-corrected chi connectivity index (χ3v) is 12.0. The zero-order valence-corrected chi connectivity index (χ0v) is 36.0. The molecule has 4 N–H and O–H groups in total. The van der Waals surface area contributed by atoms with Crippen molar-refractivity contribution < 1.29 is 52.6 Å². The number of hydrogen-bond acceptors (Lipinski definition) is 12. The van der Waals surface area contributed by atoms with Gasteiger partial charge in [-0.3, -0.25) is 9.59 Å². The molecule has 4 rings (SSSR count). The number of halogens is 1. The van der Waals surface area contributed by atoms with Crippen LogP contribution in [0.25, 0.3) is 0 Å². The van der Waals surface area contributed by atoms with Gasteiger partial charge >= 0.3 is 0 Å². The molecule has 2 amide bonds. The van der Waals surface area contributed by atoms with Gasteiger partial charge in [0, 0.05) is 58.3 Å². The first kappa shape index (κ1) is 47.4. The fourth-order valence-electron chi connectivity index (χ4n) is 8.87. The van der Waals surface area contributed by atoms with Crippen LogP contribution in [0.1, 0.15) is 84.5 Å². The van der Waals surface area contributed by atoms with E-state index in [9.17, 15) is 24.2 Å². The van der Waals surface area contributed by atoms with Gasteiger partial charge in [-0.15, -0.1) is 0 Å². The number of rotatable bonds is 12. The Morgan fingerprint density at radius 3 is 2.46 bits per heavy atom. The van der Waals surface area contributed by atoms with Crippen molar-refractivity contribution in [3.05, 3.63) is 35.6 Å². The van der Waals surface area contributed by atoms with E-state index in [2.05, 4.69) is 27.4 Å². The molecule has 3 heterocycles. The van der Waals surface area contributed by atoms with Crippen LogP contribution >= 0.6 is 0 Å². The number of ether oxygens (including phenoxy) is 6. The number of methoxy groups -OCH3 is 1. The monoisotopic (exact) mass is 811 g/mol. The molecule has 3 fully saturated rings. The largest absolute Gasteiger partial charge is 0.387 e. The summed E-state index contributed by atoms with van der Waals surface area (Å²) in [6, 6.07) is 5.72. The van der Waals surface area contributed by atoms with Gasteiger partial charge in [0.05, 0.1) is 47.1 Å². The molecule has 0 unspecified atom stereocenters. The Balaban J connectivity index is 1.64. The third kappa shape index (κ3) is 12.4. The molecule has 0 saturated carbocycles. The van der Waals surface area contributed by atoms with Crippen molar-refractivity contribution in [1.29, 1.82) is 0 Å². The number of carbonyl (C=O) groups excluding carboxylic acids is 2. The number of benzene rings is 1. The van der Waals surface area contributed by atoms with Crippen LogP contribution in [-0.2, 0) is 33.2 Å². The second-order valence-corrected chi connectivity index (χ2v) is 17.5. The Morgan fingerprint density at radius 2 is 1.79 bits per heavy atom. The van der Waals surface area contributed by atoms with Crippen LogP contribution < -0.4 is 10.6 Å². The third-order valence-electron chi connectivity index (χ3n) is 12.0. The topological polar surface area (TPSA) is 161 Å². The molecular formula is C42H71FN4O10. The Hall–Kier alpha value is -2.31. The summed E-state index contributed by atoms with van der Waals surface area (Å²) in [5, 5.41) is 29.4. The predicted molar refractivity (Wildman–Crippen MR) is 213 cm³/mol. The molecule has 15 heteroatoms. The number of aliphatic hydroxyl groups is 2. The van der Waals surface area contributed by atoms with Crippen LogP contribution in [0.5, 0.6) is 0 Å². The summed E-state index contributed by atoms with van der Waals surface area (Å²) in [5.41, 5.74) is -2.41. The number of amides is 2. The van der Waals surface area contributed by atoms with E-state index in [1.165, 1.54) is 18.2 Å². The average Bonchev–Trinajstić information content (AvgIpc) is 3.14. The Labute approximate surface area is 339 Å². The number of nitrogens with one attached hydrogen (secondary N) is 2. The molecule has 3 aliphatic rings. The van der Waals surface area contributed by atoms with Gasteiger partial charge in [0.1, 0.15) is 18.0 Å². The zero-order chi connectivity index (χ0) is 42.2. The zero-order valence-electron chi connectivity index (χ0n) is 36.0. The molecule has 0 spiro atoms. The van der Waals surface area contributed by atoms with Crippen molar-refractivity contribution >= 4 is 11.8 Å². The maximum atomic E-state index is 14.2. The molecule has 57 heavy (non-hydrogen) atoms. The highest BCUT2D eigenvalue weighted by Gasteiger charge is 2.51. The quantitative estimate of drug-likeness (QED) is 0.229. The van der Waals surface area contributed by atoms with Gasteiger partial charge in [0.2, 0.25) is 5.91 Å². The summed E-state index contributed by atoms with van der Waals surface area (Å²) < 4.78 is 53.0. The van der Waals surface area contributed by atoms with Crippen LogP contribution in [0.4, 0.5) is 4.39 Å². The van der Waals surface area contributed by atoms with Crippen molar-refractivity contribution in [3.63, 3.8) is 0 Å². The molecule has 0 aromatic heterocycles. The van der Waals surface area contributed by atoms with E-state index in [1.54, 1.807) is 27.0 Å². The average molecular weight is 811 g/mol. The summed E-state index contributed by atoms with van der Waals surface area (Å²) in [5.74, 6) is -2.53. The predicted octanol–water partition coefficient (Wildman–Crippen LogP) is 3.18. The van der Waals surface area contributed by atoms with Gasteiger partial charge in [-0.25, -0.2) is 4.39 Å². The van der Waals surface area contributed by atoms with E-state index in [-0.39, 0.29) is 49.1 Å². The maximum absolute atomic E-state index is 14.2. The second kappa shape index (κ2) is 20.8. The van der Waals surface area contributed by atoms with Gasteiger partial charge in [-0.05, 0) is 86.2 Å². The first-order valence-electron chi connectivity index (χ1n) is 20.6. The lowest BCUT2D eigenvalue weighted by Crippen LogP contribution is -2.61. The first-order valence-corrected chi connectivity index (χ1v) is 20.6. The van der Waals surface area contributed by atoms with Crippen molar-refractivity contribution in [2.24, 2.45) is 17.8 Å². The van der Waals surface area contributed by atoms with E-state index < -0.39 is 77.9 Å². The highest BCUT2D eigenvalue weighted by atomic mass is 19.1. The SMILES string of the molecule is CO[C@]1(C)C[C@H](O[C@H]2[C@H](C)[C@@H](O[C@@H]3O[C@H](C)C[C@H](N(C)C)[C@H]3OCCCNC(=O)c3ccccc3F)[C@](C)(O)C[C@@H](C)CN(C)CCNC(=O)[C@@H]2C)O[C@@H](C)[C@@H]1O. The van der Waals surface area contributed by atoms with E-state index >= 15 is 0 Å². The Morgan fingerprint density at radius 1 is 1.09 bits per heavy atom. The summed E-state index contributed by atoms with van der Waals surface area (Å²) in [6.45, 7) is 15.4. The number of carbonyl (C=O) groups is 2. The lowest BCUT2D eigenvalue weighted by Gasteiger charge is -2.49. The summed E-state index contributed by atoms with van der Waals surface area (Å²) in [6.07, 6.45) is -4.11. The molecule has 14 atom stereocenters. The molecule has 3 aliphatic heterocycles. The molecule has 1 aromatic rings. The molecule has 14 nitrogen and oxygen atoms in total. The fraction of sp³-hybridized carbons (Fsp3) is 0.810. The highest BCUT2D eigenvalue weighted by molar-refractivity contribution is 5.94. The number of hydrogen-bond donors (Lipinski definition) is 4. The molecule has 326 valence electrons. The van der Waals surface area contributed by atoms with Gasteiger partial charge in [-0.2, -0.15) is 0 Å². The van der Waals surface area contributed by atoms with Crippen molar-refractivity contribution in [1.82, 2.24) is 20.4 Å². The van der Waals surface area contributed by atoms with Crippen molar-refractivity contribution in [2.75, 3.05) is 61.0 Å². The van der Waals surface area contributed by atoms with Crippen molar-refractivity contribution in [2.45, 2.75) is 141 Å². The Bertz CT molecular complexity index is 1440. The van der Waals surface area contributed by atoms with E-state index in [1.807, 2.05) is 48.8 Å². The molecule has 0 radical (unpaired) electrons. The summed E-state index contributed by atoms with van der Waals surface area (Å²) in [4.78, 5) is 30.7. The minimum absolute atomic E-state index is 0.0204. The van der Waals surface area contributed by atoms with Crippen LogP contribution in [0.3, 0.4) is 0 Å². The minimum atomic E-state index is -1.43. The van der Waals surface area contributed by atoms with Crippen LogP contribution in [0.15, 0.2) is 24.3 Å². The van der Waals surface area contributed by atoms with Gasteiger partial charge in [0.15, 0.2) is 12.6 Å². The van der Waals surface area contributed by atoms with Gasteiger partial charge < -0.3 is 59.1 Å². The fourth-order valence-corrected chi connectivity index (χ4v) is 8.87. The minimum Gasteiger partial charge on any atom is -0.387 e. The van der Waals surface area contributed by atoms with Gasteiger partial charge in [-0.1, -0.05) is 32.9 Å². The molecule has 0 aliphatic carbocycles. The normalized spacial score (nSPS) is 39.1. The lowest BCUT2D eigenvalue weighted by molar-refractivity contribution is -0.320. The highest BCUT2D eigenvalue weighted by Crippen LogP contribution is 2.39. The van der Waals surface area contributed by atoms with E-state index in [4.69, 9.17) is 28.4 Å². The molecule has 1 aromatic carbocycles. The maximum Gasteiger partial charge on any atom is 0.254 e. The van der Waals surface area contributed by atoms with E-state index in [0.717, 1.165) is 0 Å². The number of nitrogens with zero attached hydrogens (tertiary/aromatic N) is 2.